The van der Waals surface area contributed by atoms with Crippen LogP contribution < -0.4 is 10.2 Å². The van der Waals surface area contributed by atoms with Crippen molar-refractivity contribution in [3.63, 3.8) is 0 Å². The van der Waals surface area contributed by atoms with Crippen LogP contribution in [-0.2, 0) is 0 Å². The van der Waals surface area contributed by atoms with Crippen LogP contribution in [-0.4, -0.2) is 28.4 Å². The van der Waals surface area contributed by atoms with Crippen LogP contribution in [0.3, 0.4) is 0 Å². The number of hydrogen-bond donors (Lipinski definition) is 1. The molecule has 1 N–H and O–H groups in total. The van der Waals surface area contributed by atoms with E-state index in [1.807, 2.05) is 41.8 Å². The molecule has 5 nitrogen and oxygen atoms in total. The molecule has 1 aliphatic heterocycles. The van der Waals surface area contributed by atoms with E-state index in [4.69, 9.17) is 0 Å². The van der Waals surface area contributed by atoms with Crippen molar-refractivity contribution in [2.75, 3.05) is 23.3 Å². The molecule has 0 saturated carbocycles. The first-order chi connectivity index (χ1) is 12.6. The van der Waals surface area contributed by atoms with Crippen LogP contribution in [0, 0.1) is 6.92 Å². The molecule has 0 bridgehead atoms. The van der Waals surface area contributed by atoms with Crippen LogP contribution >= 0.6 is 15.9 Å². The maximum atomic E-state index is 12.8. The quantitative estimate of drug-likeness (QED) is 0.680. The highest BCUT2D eigenvalue weighted by Gasteiger charge is 2.17. The molecule has 0 aliphatic carbocycles. The summed E-state index contributed by atoms with van der Waals surface area (Å²) >= 11 is 3.45. The molecule has 4 rings (SSSR count). The minimum atomic E-state index is -0.154. The number of nitrogens with one attached hydrogen (secondary N) is 1. The van der Waals surface area contributed by atoms with Gasteiger partial charge in [0.2, 0.25) is 0 Å². The van der Waals surface area contributed by atoms with Gasteiger partial charge >= 0.3 is 0 Å². The van der Waals surface area contributed by atoms with Gasteiger partial charge < -0.3 is 10.2 Å². The van der Waals surface area contributed by atoms with Gasteiger partial charge in [-0.25, -0.2) is 4.98 Å². The van der Waals surface area contributed by atoms with Gasteiger partial charge in [0.15, 0.2) is 0 Å². The normalized spacial score (nSPS) is 14.6. The van der Waals surface area contributed by atoms with Crippen LogP contribution in [0.2, 0.25) is 0 Å². The highest BCUT2D eigenvalue weighted by atomic mass is 79.9. The van der Waals surface area contributed by atoms with E-state index in [0.29, 0.717) is 11.4 Å². The zero-order valence-corrected chi connectivity index (χ0v) is 16.3. The van der Waals surface area contributed by atoms with Crippen molar-refractivity contribution in [2.45, 2.75) is 26.2 Å². The van der Waals surface area contributed by atoms with Gasteiger partial charge in [-0.05, 0) is 78.5 Å². The number of aromatic nitrogens is 2. The fourth-order valence-corrected chi connectivity index (χ4v) is 3.84. The Balaban J connectivity index is 1.55. The number of anilines is 2. The summed E-state index contributed by atoms with van der Waals surface area (Å²) in [4.78, 5) is 19.7. The van der Waals surface area contributed by atoms with E-state index in [1.165, 1.54) is 24.9 Å². The van der Waals surface area contributed by atoms with Crippen LogP contribution in [0.15, 0.2) is 47.1 Å². The Morgan fingerprint density at radius 3 is 2.54 bits per heavy atom. The minimum Gasteiger partial charge on any atom is -0.372 e. The van der Waals surface area contributed by atoms with E-state index in [0.717, 1.165) is 28.9 Å². The fourth-order valence-electron chi connectivity index (χ4n) is 3.51. The van der Waals surface area contributed by atoms with Gasteiger partial charge in [-0.3, -0.25) is 9.20 Å². The van der Waals surface area contributed by atoms with Gasteiger partial charge in [0, 0.05) is 35.1 Å². The number of hydrogen-bond acceptors (Lipinski definition) is 3. The summed E-state index contributed by atoms with van der Waals surface area (Å²) < 4.78 is 2.72. The summed E-state index contributed by atoms with van der Waals surface area (Å²) in [5.41, 5.74) is 4.04. The van der Waals surface area contributed by atoms with Crippen LogP contribution in [0.5, 0.6) is 0 Å². The minimum absolute atomic E-state index is 0.154. The third-order valence-corrected chi connectivity index (χ3v) is 5.29. The number of aryl methyl sites for hydroxylation is 1. The van der Waals surface area contributed by atoms with Gasteiger partial charge in [-0.2, -0.15) is 0 Å². The van der Waals surface area contributed by atoms with Crippen molar-refractivity contribution in [1.82, 2.24) is 9.38 Å². The fraction of sp³-hybridized carbons (Fsp3) is 0.300. The SMILES string of the molecule is Cc1nc2ccc(Br)cn2c1C(=O)Nc1ccc(N2CCCCC2)cc1. The second-order valence-electron chi connectivity index (χ2n) is 6.67. The molecule has 26 heavy (non-hydrogen) atoms. The van der Waals surface area contributed by atoms with Crippen LogP contribution in [0.25, 0.3) is 5.65 Å². The van der Waals surface area contributed by atoms with Crippen LogP contribution in [0.1, 0.15) is 35.4 Å². The van der Waals surface area contributed by atoms with Crippen molar-refractivity contribution in [3.05, 3.63) is 58.5 Å². The zero-order valence-electron chi connectivity index (χ0n) is 14.7. The van der Waals surface area contributed by atoms with E-state index >= 15 is 0 Å². The molecule has 1 amide bonds. The lowest BCUT2D eigenvalue weighted by molar-refractivity contribution is 0.102. The lowest BCUT2D eigenvalue weighted by Gasteiger charge is -2.28. The van der Waals surface area contributed by atoms with E-state index < -0.39 is 0 Å². The molecular weight excluding hydrogens is 392 g/mol. The summed E-state index contributed by atoms with van der Waals surface area (Å²) in [5.74, 6) is -0.154. The Morgan fingerprint density at radius 1 is 1.08 bits per heavy atom. The number of carbonyl (C=O) groups excluding carboxylic acids is 1. The Morgan fingerprint density at radius 2 is 1.81 bits per heavy atom. The maximum absolute atomic E-state index is 12.8. The molecular formula is C20H21BrN4O. The molecule has 1 saturated heterocycles. The summed E-state index contributed by atoms with van der Waals surface area (Å²) in [7, 11) is 0. The summed E-state index contributed by atoms with van der Waals surface area (Å²) in [6.07, 6.45) is 5.69. The highest BCUT2D eigenvalue weighted by molar-refractivity contribution is 9.10. The highest BCUT2D eigenvalue weighted by Crippen LogP contribution is 2.23. The second kappa shape index (κ2) is 7.11. The smallest absolute Gasteiger partial charge is 0.274 e. The summed E-state index contributed by atoms with van der Waals surface area (Å²) in [6.45, 7) is 4.08. The number of pyridine rings is 1. The first kappa shape index (κ1) is 17.1. The van der Waals surface area contributed by atoms with Crippen LogP contribution in [0.4, 0.5) is 11.4 Å². The average Bonchev–Trinajstić information content (AvgIpc) is 2.98. The van der Waals surface area contributed by atoms with E-state index in [1.54, 1.807) is 0 Å². The van der Waals surface area contributed by atoms with Crippen molar-refractivity contribution >= 4 is 38.9 Å². The molecule has 1 fully saturated rings. The third kappa shape index (κ3) is 3.33. The van der Waals surface area contributed by atoms with Crippen molar-refractivity contribution in [3.8, 4) is 0 Å². The predicted molar refractivity (Wildman–Crippen MR) is 108 cm³/mol. The van der Waals surface area contributed by atoms with Gasteiger partial charge in [0.25, 0.3) is 5.91 Å². The third-order valence-electron chi connectivity index (χ3n) is 4.82. The number of nitrogens with zero attached hydrogens (tertiary/aromatic N) is 3. The molecule has 134 valence electrons. The number of rotatable bonds is 3. The topological polar surface area (TPSA) is 49.6 Å². The number of benzene rings is 1. The number of piperidine rings is 1. The Hall–Kier alpha value is -2.34. The first-order valence-electron chi connectivity index (χ1n) is 8.92. The molecule has 0 unspecified atom stereocenters. The van der Waals surface area contributed by atoms with Gasteiger partial charge in [-0.15, -0.1) is 0 Å². The molecule has 6 heteroatoms. The molecule has 0 atom stereocenters. The summed E-state index contributed by atoms with van der Waals surface area (Å²) in [5, 5.41) is 2.99. The Labute approximate surface area is 161 Å². The molecule has 0 spiro atoms. The maximum Gasteiger partial charge on any atom is 0.274 e. The number of carbonyl (C=O) groups is 1. The van der Waals surface area contributed by atoms with Gasteiger partial charge in [-0.1, -0.05) is 0 Å². The van der Waals surface area contributed by atoms with Crippen molar-refractivity contribution in [2.24, 2.45) is 0 Å². The molecule has 1 aromatic carbocycles. The first-order valence-corrected chi connectivity index (χ1v) is 9.72. The monoisotopic (exact) mass is 412 g/mol. The molecule has 2 aromatic heterocycles. The van der Waals surface area contributed by atoms with Crippen molar-refractivity contribution < 1.29 is 4.79 Å². The summed E-state index contributed by atoms with van der Waals surface area (Å²) in [6, 6.07) is 11.9. The lowest BCUT2D eigenvalue weighted by Crippen LogP contribution is -2.29. The molecule has 1 aliphatic rings. The lowest BCUT2D eigenvalue weighted by atomic mass is 10.1. The molecule has 3 heterocycles. The van der Waals surface area contributed by atoms with E-state index in [2.05, 4.69) is 43.3 Å². The molecule has 0 radical (unpaired) electrons. The van der Waals surface area contributed by atoms with Crippen molar-refractivity contribution in [1.29, 1.82) is 0 Å². The standard InChI is InChI=1S/C20H21BrN4O/c1-14-19(25-13-15(21)5-10-18(25)22-14)20(26)23-16-6-8-17(9-7-16)24-11-3-2-4-12-24/h5-10,13H,2-4,11-12H2,1H3,(H,23,26). The largest absolute Gasteiger partial charge is 0.372 e. The Bertz CT molecular complexity index is 942. The number of fused-ring (bicyclic) bond motifs is 1. The second-order valence-corrected chi connectivity index (χ2v) is 7.59. The number of amides is 1. The van der Waals surface area contributed by atoms with Gasteiger partial charge in [0.1, 0.15) is 11.3 Å². The average molecular weight is 413 g/mol. The predicted octanol–water partition coefficient (Wildman–Crippen LogP) is 4.65. The molecule has 3 aromatic rings. The van der Waals surface area contributed by atoms with E-state index in [9.17, 15) is 4.79 Å². The van der Waals surface area contributed by atoms with E-state index in [-0.39, 0.29) is 5.91 Å². The number of halogens is 1. The zero-order chi connectivity index (χ0) is 18.1. The Kier molecular flexibility index (Phi) is 4.68. The number of imidazole rings is 1. The van der Waals surface area contributed by atoms with Gasteiger partial charge in [0.05, 0.1) is 5.69 Å².